The molecular formula is C18H20N4O3. The summed E-state index contributed by atoms with van der Waals surface area (Å²) in [4.78, 5) is 32.8. The second-order valence-electron chi connectivity index (χ2n) is 6.37. The number of ether oxygens (including phenoxy) is 1. The highest BCUT2D eigenvalue weighted by Crippen LogP contribution is 2.28. The van der Waals surface area contributed by atoms with Gasteiger partial charge in [0.25, 0.3) is 11.5 Å². The van der Waals surface area contributed by atoms with Crippen molar-refractivity contribution in [1.82, 2.24) is 9.55 Å². The molecule has 2 aliphatic heterocycles. The molecule has 25 heavy (non-hydrogen) atoms. The lowest BCUT2D eigenvalue weighted by atomic mass is 10.2. The lowest BCUT2D eigenvalue weighted by molar-refractivity contribution is -0.130. The molecule has 2 aromatic rings. The van der Waals surface area contributed by atoms with E-state index in [0.717, 1.165) is 12.1 Å². The summed E-state index contributed by atoms with van der Waals surface area (Å²) in [6.45, 7) is 2.13. The summed E-state index contributed by atoms with van der Waals surface area (Å²) in [6.07, 6.45) is 1.82. The van der Waals surface area contributed by atoms with Crippen LogP contribution >= 0.6 is 0 Å². The lowest BCUT2D eigenvalue weighted by Crippen LogP contribution is -2.51. The number of morpholine rings is 1. The number of hydrogen-bond donors (Lipinski definition) is 0. The average molecular weight is 340 g/mol. The van der Waals surface area contributed by atoms with Gasteiger partial charge in [-0.3, -0.25) is 9.59 Å². The van der Waals surface area contributed by atoms with Gasteiger partial charge in [0.1, 0.15) is 5.82 Å². The minimum Gasteiger partial charge on any atom is -0.365 e. The summed E-state index contributed by atoms with van der Waals surface area (Å²) in [7, 11) is 1.66. The lowest BCUT2D eigenvalue weighted by Gasteiger charge is -2.34. The monoisotopic (exact) mass is 340 g/mol. The Morgan fingerprint density at radius 3 is 2.96 bits per heavy atom. The van der Waals surface area contributed by atoms with Crippen molar-refractivity contribution in [1.29, 1.82) is 0 Å². The Morgan fingerprint density at radius 1 is 1.28 bits per heavy atom. The van der Waals surface area contributed by atoms with Gasteiger partial charge in [-0.15, -0.1) is 0 Å². The number of amides is 1. The second kappa shape index (κ2) is 6.33. The van der Waals surface area contributed by atoms with Crippen molar-refractivity contribution in [2.75, 3.05) is 36.0 Å². The number of hydrogen-bond acceptors (Lipinski definition) is 5. The van der Waals surface area contributed by atoms with Crippen molar-refractivity contribution in [2.45, 2.75) is 12.5 Å². The van der Waals surface area contributed by atoms with Crippen LogP contribution in [0.25, 0.3) is 0 Å². The highest BCUT2D eigenvalue weighted by molar-refractivity contribution is 5.98. The Hall–Kier alpha value is -2.67. The van der Waals surface area contributed by atoms with Crippen LogP contribution in [0.1, 0.15) is 5.56 Å². The molecule has 2 aliphatic rings. The molecule has 1 fully saturated rings. The van der Waals surface area contributed by atoms with Crippen molar-refractivity contribution in [3.63, 3.8) is 0 Å². The molecule has 130 valence electrons. The van der Waals surface area contributed by atoms with Gasteiger partial charge in [0.05, 0.1) is 19.5 Å². The molecule has 0 saturated carbocycles. The molecule has 0 N–H and O–H groups in total. The molecule has 1 saturated heterocycles. The first kappa shape index (κ1) is 15.8. The molecule has 0 aliphatic carbocycles. The Balaban J connectivity index is 1.52. The van der Waals surface area contributed by atoms with Gasteiger partial charge in [0, 0.05) is 31.9 Å². The zero-order valence-electron chi connectivity index (χ0n) is 14.1. The normalized spacial score (nSPS) is 19.8. The van der Waals surface area contributed by atoms with Crippen LogP contribution in [0.5, 0.6) is 0 Å². The highest BCUT2D eigenvalue weighted by Gasteiger charge is 2.34. The summed E-state index contributed by atoms with van der Waals surface area (Å²) in [5.41, 5.74) is 2.05. The Morgan fingerprint density at radius 2 is 2.12 bits per heavy atom. The number of para-hydroxylation sites is 1. The summed E-state index contributed by atoms with van der Waals surface area (Å²) in [6, 6.07) is 9.47. The van der Waals surface area contributed by atoms with E-state index in [1.165, 1.54) is 22.5 Å². The first-order valence-electron chi connectivity index (χ1n) is 8.42. The molecule has 1 aromatic carbocycles. The van der Waals surface area contributed by atoms with E-state index in [-0.39, 0.29) is 11.5 Å². The van der Waals surface area contributed by atoms with Crippen LogP contribution in [0.4, 0.5) is 11.5 Å². The van der Waals surface area contributed by atoms with Crippen LogP contribution in [0.3, 0.4) is 0 Å². The molecule has 1 atom stereocenters. The van der Waals surface area contributed by atoms with Crippen LogP contribution in [0.2, 0.25) is 0 Å². The van der Waals surface area contributed by atoms with E-state index >= 15 is 0 Å². The van der Waals surface area contributed by atoms with Crippen molar-refractivity contribution < 1.29 is 9.53 Å². The average Bonchev–Trinajstić information content (AvgIpc) is 3.07. The zero-order chi connectivity index (χ0) is 17.4. The maximum atomic E-state index is 12.9. The Kier molecular flexibility index (Phi) is 4.01. The van der Waals surface area contributed by atoms with Gasteiger partial charge in [0.2, 0.25) is 0 Å². The fourth-order valence-electron chi connectivity index (χ4n) is 3.37. The molecular weight excluding hydrogens is 320 g/mol. The fourth-order valence-corrected chi connectivity index (χ4v) is 3.37. The van der Waals surface area contributed by atoms with Crippen molar-refractivity contribution >= 4 is 17.4 Å². The smallest absolute Gasteiger partial charge is 0.257 e. The number of anilines is 2. The van der Waals surface area contributed by atoms with E-state index in [9.17, 15) is 9.59 Å². The SMILES string of the molecule is Cn1cnc(N2CCOC(C(=O)N3CCc4ccccc43)C2)cc1=O. The number of aromatic nitrogens is 2. The number of carbonyl (C=O) groups is 1. The van der Waals surface area contributed by atoms with Gasteiger partial charge in [-0.2, -0.15) is 0 Å². The summed E-state index contributed by atoms with van der Waals surface area (Å²) in [5, 5.41) is 0. The predicted molar refractivity (Wildman–Crippen MR) is 93.9 cm³/mol. The number of fused-ring (bicyclic) bond motifs is 1. The number of benzene rings is 1. The summed E-state index contributed by atoms with van der Waals surface area (Å²) >= 11 is 0. The van der Waals surface area contributed by atoms with Gasteiger partial charge in [-0.25, -0.2) is 4.98 Å². The maximum absolute atomic E-state index is 12.9. The Labute approximate surface area is 145 Å². The third kappa shape index (κ3) is 2.91. The number of nitrogens with zero attached hydrogens (tertiary/aromatic N) is 4. The molecule has 0 spiro atoms. The van der Waals surface area contributed by atoms with Gasteiger partial charge in [-0.1, -0.05) is 18.2 Å². The molecule has 7 heteroatoms. The molecule has 1 amide bonds. The van der Waals surface area contributed by atoms with Crippen molar-refractivity contribution in [3.05, 3.63) is 52.6 Å². The first-order valence-corrected chi connectivity index (χ1v) is 8.42. The van der Waals surface area contributed by atoms with E-state index in [2.05, 4.69) is 11.1 Å². The van der Waals surface area contributed by atoms with Crippen LogP contribution in [-0.4, -0.2) is 47.8 Å². The van der Waals surface area contributed by atoms with Gasteiger partial charge < -0.3 is 19.1 Å². The van der Waals surface area contributed by atoms with Crippen molar-refractivity contribution in [3.8, 4) is 0 Å². The van der Waals surface area contributed by atoms with E-state index in [1.807, 2.05) is 23.1 Å². The van der Waals surface area contributed by atoms with Gasteiger partial charge in [0.15, 0.2) is 6.10 Å². The number of rotatable bonds is 2. The van der Waals surface area contributed by atoms with E-state index < -0.39 is 6.10 Å². The molecule has 1 aromatic heterocycles. The molecule has 3 heterocycles. The quantitative estimate of drug-likeness (QED) is 0.800. The molecule has 0 bridgehead atoms. The van der Waals surface area contributed by atoms with Crippen molar-refractivity contribution in [2.24, 2.45) is 7.05 Å². The Bertz CT molecular complexity index is 863. The summed E-state index contributed by atoms with van der Waals surface area (Å²) < 4.78 is 7.15. The van der Waals surface area contributed by atoms with Crippen LogP contribution in [-0.2, 0) is 23.0 Å². The first-order chi connectivity index (χ1) is 12.1. The second-order valence-corrected chi connectivity index (χ2v) is 6.37. The predicted octanol–water partition coefficient (Wildman–Crippen LogP) is 0.575. The standard InChI is InChI=1S/C18H20N4O3/c1-20-12-19-16(10-17(20)23)21-8-9-25-15(11-21)18(24)22-7-6-13-4-2-3-5-14(13)22/h2-5,10,12,15H,6-9,11H2,1H3. The molecule has 7 nitrogen and oxygen atoms in total. The van der Waals surface area contributed by atoms with Crippen LogP contribution in [0.15, 0.2) is 41.5 Å². The third-order valence-electron chi connectivity index (χ3n) is 4.78. The van der Waals surface area contributed by atoms with Crippen LogP contribution in [0, 0.1) is 0 Å². The number of aryl methyl sites for hydroxylation is 1. The molecule has 4 rings (SSSR count). The molecule has 0 radical (unpaired) electrons. The topological polar surface area (TPSA) is 67.7 Å². The summed E-state index contributed by atoms with van der Waals surface area (Å²) in [5.74, 6) is 0.560. The maximum Gasteiger partial charge on any atom is 0.257 e. The van der Waals surface area contributed by atoms with E-state index in [0.29, 0.717) is 32.1 Å². The van der Waals surface area contributed by atoms with Gasteiger partial charge >= 0.3 is 0 Å². The van der Waals surface area contributed by atoms with Gasteiger partial charge in [-0.05, 0) is 18.1 Å². The zero-order valence-corrected chi connectivity index (χ0v) is 14.1. The number of carbonyl (C=O) groups excluding carboxylic acids is 1. The van der Waals surface area contributed by atoms with E-state index in [4.69, 9.17) is 4.74 Å². The van der Waals surface area contributed by atoms with Crippen LogP contribution < -0.4 is 15.4 Å². The highest BCUT2D eigenvalue weighted by atomic mass is 16.5. The minimum atomic E-state index is -0.550. The third-order valence-corrected chi connectivity index (χ3v) is 4.78. The van der Waals surface area contributed by atoms with E-state index in [1.54, 1.807) is 11.9 Å². The molecule has 1 unspecified atom stereocenters. The minimum absolute atomic E-state index is 0.0292. The largest absolute Gasteiger partial charge is 0.365 e. The fraction of sp³-hybridized carbons (Fsp3) is 0.389.